The third kappa shape index (κ3) is 6.54. The highest BCUT2D eigenvalue weighted by atomic mass is 19.3. The SMILES string of the molecule is Cc1ccc(C(=O)N[C@H]2CCCC[C@@H]2O)cc1NC(=O)c1cncc(OC2CCC(F)(F)CC2)c1. The van der Waals surface area contributed by atoms with Crippen LogP contribution in [0.1, 0.15) is 77.6 Å². The van der Waals surface area contributed by atoms with Crippen LogP contribution in [0.15, 0.2) is 36.7 Å². The van der Waals surface area contributed by atoms with Crippen molar-refractivity contribution in [2.45, 2.75) is 82.5 Å². The van der Waals surface area contributed by atoms with Crippen molar-refractivity contribution in [2.75, 3.05) is 5.32 Å². The van der Waals surface area contributed by atoms with Crippen LogP contribution in [0.5, 0.6) is 5.75 Å². The number of benzene rings is 1. The Morgan fingerprint density at radius 3 is 2.51 bits per heavy atom. The molecule has 7 nitrogen and oxygen atoms in total. The standard InChI is InChI=1S/C26H31F2N3O4/c1-16-6-7-17(24(33)30-21-4-2-3-5-23(21)32)13-22(16)31-25(34)18-12-20(15-29-14-18)35-19-8-10-26(27,28)11-9-19/h6-7,12-15,19,21,23,32H,2-5,8-11H2,1H3,(H,30,33)(H,31,34)/t21-,23-/m0/s1. The number of amides is 2. The smallest absolute Gasteiger partial charge is 0.257 e. The van der Waals surface area contributed by atoms with E-state index in [0.29, 0.717) is 23.4 Å². The highest BCUT2D eigenvalue weighted by Gasteiger charge is 2.35. The minimum absolute atomic E-state index is 0.214. The Morgan fingerprint density at radius 2 is 1.77 bits per heavy atom. The number of ether oxygens (including phenoxy) is 1. The number of aryl methyl sites for hydroxylation is 1. The van der Waals surface area contributed by atoms with E-state index in [2.05, 4.69) is 15.6 Å². The Balaban J connectivity index is 1.40. The Bertz CT molecular complexity index is 1070. The zero-order chi connectivity index (χ0) is 25.0. The fourth-order valence-corrected chi connectivity index (χ4v) is 4.56. The lowest BCUT2D eigenvalue weighted by Crippen LogP contribution is -2.45. The van der Waals surface area contributed by atoms with Crippen molar-refractivity contribution in [3.05, 3.63) is 53.3 Å². The molecule has 2 fully saturated rings. The summed E-state index contributed by atoms with van der Waals surface area (Å²) < 4.78 is 32.6. The summed E-state index contributed by atoms with van der Waals surface area (Å²) in [5, 5.41) is 15.8. The van der Waals surface area contributed by atoms with Gasteiger partial charge in [0.15, 0.2) is 0 Å². The molecule has 0 radical (unpaired) electrons. The van der Waals surface area contributed by atoms with E-state index in [1.54, 1.807) is 18.2 Å². The van der Waals surface area contributed by atoms with Crippen LogP contribution in [-0.4, -0.2) is 46.1 Å². The summed E-state index contributed by atoms with van der Waals surface area (Å²) in [5.41, 5.74) is 1.89. The van der Waals surface area contributed by atoms with E-state index in [-0.39, 0.29) is 49.3 Å². The third-order valence-corrected chi connectivity index (χ3v) is 6.74. The van der Waals surface area contributed by atoms with Gasteiger partial charge in [-0.05, 0) is 56.4 Å². The minimum atomic E-state index is -2.64. The van der Waals surface area contributed by atoms with E-state index in [1.807, 2.05) is 6.92 Å². The van der Waals surface area contributed by atoms with Gasteiger partial charge in [-0.25, -0.2) is 8.78 Å². The van der Waals surface area contributed by atoms with Crippen molar-refractivity contribution in [1.29, 1.82) is 0 Å². The number of aliphatic hydroxyl groups is 1. The highest BCUT2D eigenvalue weighted by molar-refractivity contribution is 6.05. The second kappa shape index (κ2) is 10.7. The van der Waals surface area contributed by atoms with Gasteiger partial charge in [-0.3, -0.25) is 14.6 Å². The minimum Gasteiger partial charge on any atom is -0.489 e. The van der Waals surface area contributed by atoms with Gasteiger partial charge in [0.05, 0.1) is 30.0 Å². The van der Waals surface area contributed by atoms with Gasteiger partial charge >= 0.3 is 0 Å². The van der Waals surface area contributed by atoms with E-state index in [0.717, 1.165) is 24.8 Å². The first-order chi connectivity index (χ1) is 16.7. The summed E-state index contributed by atoms with van der Waals surface area (Å²) in [4.78, 5) is 29.7. The van der Waals surface area contributed by atoms with E-state index < -0.39 is 17.9 Å². The normalized spacial score (nSPS) is 22.3. The molecular formula is C26H31F2N3O4. The Morgan fingerprint density at radius 1 is 1.03 bits per heavy atom. The predicted octanol–water partition coefficient (Wildman–Crippen LogP) is 4.63. The van der Waals surface area contributed by atoms with Gasteiger partial charge < -0.3 is 20.5 Å². The summed E-state index contributed by atoms with van der Waals surface area (Å²) >= 11 is 0. The van der Waals surface area contributed by atoms with Gasteiger partial charge in [-0.1, -0.05) is 18.9 Å². The van der Waals surface area contributed by atoms with E-state index in [9.17, 15) is 23.5 Å². The van der Waals surface area contributed by atoms with Crippen LogP contribution < -0.4 is 15.4 Å². The molecule has 2 saturated carbocycles. The average Bonchev–Trinajstić information content (AvgIpc) is 2.83. The van der Waals surface area contributed by atoms with Crippen LogP contribution in [0.3, 0.4) is 0 Å². The summed E-state index contributed by atoms with van der Waals surface area (Å²) in [6, 6.07) is 6.29. The molecule has 1 aromatic heterocycles. The highest BCUT2D eigenvalue weighted by Crippen LogP contribution is 2.34. The molecule has 9 heteroatoms. The average molecular weight is 488 g/mol. The number of nitrogens with zero attached hydrogens (tertiary/aromatic N) is 1. The number of aliphatic hydroxyl groups excluding tert-OH is 1. The quantitative estimate of drug-likeness (QED) is 0.552. The van der Waals surface area contributed by atoms with Crippen molar-refractivity contribution in [3.63, 3.8) is 0 Å². The van der Waals surface area contributed by atoms with Crippen molar-refractivity contribution >= 4 is 17.5 Å². The number of halogens is 2. The van der Waals surface area contributed by atoms with E-state index in [1.165, 1.54) is 18.5 Å². The van der Waals surface area contributed by atoms with Gasteiger partial charge in [-0.2, -0.15) is 0 Å². The number of nitrogens with one attached hydrogen (secondary N) is 2. The lowest BCUT2D eigenvalue weighted by molar-refractivity contribution is -0.0582. The molecule has 2 aromatic rings. The number of alkyl halides is 2. The molecule has 2 aliphatic carbocycles. The van der Waals surface area contributed by atoms with Crippen molar-refractivity contribution < 1.29 is 28.2 Å². The predicted molar refractivity (Wildman–Crippen MR) is 127 cm³/mol. The van der Waals surface area contributed by atoms with Crippen LogP contribution in [0.4, 0.5) is 14.5 Å². The number of carbonyl (C=O) groups excluding carboxylic acids is 2. The molecular weight excluding hydrogens is 456 g/mol. The largest absolute Gasteiger partial charge is 0.489 e. The van der Waals surface area contributed by atoms with Crippen LogP contribution >= 0.6 is 0 Å². The zero-order valence-corrected chi connectivity index (χ0v) is 19.7. The topological polar surface area (TPSA) is 101 Å². The van der Waals surface area contributed by atoms with Gasteiger partial charge in [0.2, 0.25) is 5.92 Å². The molecule has 2 aliphatic rings. The lowest BCUT2D eigenvalue weighted by atomic mass is 9.92. The number of anilines is 1. The Kier molecular flexibility index (Phi) is 7.64. The van der Waals surface area contributed by atoms with Crippen LogP contribution in [-0.2, 0) is 0 Å². The first-order valence-corrected chi connectivity index (χ1v) is 12.1. The summed E-state index contributed by atoms with van der Waals surface area (Å²) in [6.07, 6.45) is 5.34. The maximum atomic E-state index is 13.4. The first-order valence-electron chi connectivity index (χ1n) is 12.1. The first kappa shape index (κ1) is 25.0. The Labute approximate surface area is 203 Å². The van der Waals surface area contributed by atoms with Crippen LogP contribution in [0.25, 0.3) is 0 Å². The molecule has 0 unspecified atom stereocenters. The summed E-state index contributed by atoms with van der Waals surface area (Å²) in [5.74, 6) is -3.02. The maximum absolute atomic E-state index is 13.4. The molecule has 2 amide bonds. The van der Waals surface area contributed by atoms with Crippen LogP contribution in [0.2, 0.25) is 0 Å². The second-order valence-corrected chi connectivity index (χ2v) is 9.50. The van der Waals surface area contributed by atoms with E-state index >= 15 is 0 Å². The van der Waals surface area contributed by atoms with Crippen molar-refractivity contribution in [3.8, 4) is 5.75 Å². The van der Waals surface area contributed by atoms with Crippen molar-refractivity contribution in [1.82, 2.24) is 10.3 Å². The second-order valence-electron chi connectivity index (χ2n) is 9.50. The van der Waals surface area contributed by atoms with E-state index in [4.69, 9.17) is 4.74 Å². The maximum Gasteiger partial charge on any atom is 0.257 e. The fourth-order valence-electron chi connectivity index (χ4n) is 4.56. The number of carbonyl (C=O) groups is 2. The summed E-state index contributed by atoms with van der Waals surface area (Å²) in [6.45, 7) is 1.82. The molecule has 188 valence electrons. The molecule has 0 bridgehead atoms. The van der Waals surface area contributed by atoms with Gasteiger partial charge in [0, 0.05) is 30.3 Å². The molecule has 0 saturated heterocycles. The molecule has 2 atom stereocenters. The number of pyridine rings is 1. The summed E-state index contributed by atoms with van der Waals surface area (Å²) in [7, 11) is 0. The number of hydrogen-bond acceptors (Lipinski definition) is 5. The van der Waals surface area contributed by atoms with Gasteiger partial charge in [0.1, 0.15) is 5.75 Å². The molecule has 1 heterocycles. The molecule has 0 spiro atoms. The van der Waals surface area contributed by atoms with Gasteiger partial charge in [-0.15, -0.1) is 0 Å². The molecule has 3 N–H and O–H groups in total. The van der Waals surface area contributed by atoms with Gasteiger partial charge in [0.25, 0.3) is 11.8 Å². The lowest BCUT2D eigenvalue weighted by Gasteiger charge is -2.28. The number of hydrogen-bond donors (Lipinski definition) is 3. The fraction of sp³-hybridized carbons (Fsp3) is 0.500. The van der Waals surface area contributed by atoms with Crippen LogP contribution in [0, 0.1) is 6.92 Å². The number of rotatable bonds is 6. The van der Waals surface area contributed by atoms with Crippen molar-refractivity contribution in [2.24, 2.45) is 0 Å². The molecule has 1 aromatic carbocycles. The molecule has 4 rings (SSSR count). The zero-order valence-electron chi connectivity index (χ0n) is 19.7. The third-order valence-electron chi connectivity index (χ3n) is 6.74. The molecule has 35 heavy (non-hydrogen) atoms. The Hall–Kier alpha value is -3.07. The number of aromatic nitrogens is 1. The monoisotopic (exact) mass is 487 g/mol. The molecule has 0 aliphatic heterocycles.